The Balaban J connectivity index is 1.54. The monoisotopic (exact) mass is 445 g/mol. The Hall–Kier alpha value is -2.72. The number of hydrogen-bond donors (Lipinski definition) is 1. The molecule has 2 atom stereocenters. The van der Waals surface area contributed by atoms with Crippen LogP contribution in [0.5, 0.6) is 0 Å². The summed E-state index contributed by atoms with van der Waals surface area (Å²) in [5.41, 5.74) is 1.81. The molecule has 4 rings (SSSR count). The van der Waals surface area contributed by atoms with Gasteiger partial charge in [-0.3, -0.25) is 24.6 Å². The van der Waals surface area contributed by atoms with E-state index in [1.807, 2.05) is 4.90 Å². The molecule has 0 spiro atoms. The Morgan fingerprint density at radius 1 is 1.22 bits per heavy atom. The van der Waals surface area contributed by atoms with E-state index in [4.69, 9.17) is 4.74 Å². The van der Waals surface area contributed by atoms with Crippen molar-refractivity contribution in [2.24, 2.45) is 5.92 Å². The van der Waals surface area contributed by atoms with Crippen LogP contribution in [0.15, 0.2) is 18.2 Å². The van der Waals surface area contributed by atoms with Crippen LogP contribution in [-0.4, -0.2) is 92.1 Å². The summed E-state index contributed by atoms with van der Waals surface area (Å²) in [5.74, 6) is -0.281. The number of ether oxygens (including phenoxy) is 1. The number of rotatable bonds is 7. The predicted molar refractivity (Wildman–Crippen MR) is 119 cm³/mol. The number of nitro benzene ring substituents is 1. The lowest BCUT2D eigenvalue weighted by Gasteiger charge is -2.49. The summed E-state index contributed by atoms with van der Waals surface area (Å²) in [6, 6.07) is 4.82. The highest BCUT2D eigenvalue weighted by Crippen LogP contribution is 2.37. The second-order valence-electron chi connectivity index (χ2n) is 8.75. The Kier molecular flexibility index (Phi) is 6.90. The fourth-order valence-corrected chi connectivity index (χ4v) is 5.09. The van der Waals surface area contributed by atoms with Crippen LogP contribution in [0.1, 0.15) is 18.4 Å². The SMILES string of the molecule is COCCNC(=O)C1Cc2cc([N+](=O)[O-])ccc2N2CCN(CC(=O)N3CCCC3)CC12. The van der Waals surface area contributed by atoms with Gasteiger partial charge in [0, 0.05) is 64.2 Å². The molecule has 0 aromatic heterocycles. The topological polar surface area (TPSA) is 108 Å². The van der Waals surface area contributed by atoms with Crippen LogP contribution >= 0.6 is 0 Å². The van der Waals surface area contributed by atoms with Crippen molar-refractivity contribution in [3.63, 3.8) is 0 Å². The molecule has 3 aliphatic heterocycles. The number of piperazine rings is 1. The Morgan fingerprint density at radius 2 is 2.00 bits per heavy atom. The Labute approximate surface area is 187 Å². The second kappa shape index (κ2) is 9.83. The standard InChI is InChI=1S/C22H31N5O5/c1-32-11-6-23-22(29)18-13-16-12-17(27(30)31)4-5-19(16)26-10-9-24(14-20(18)26)15-21(28)25-7-2-3-8-25/h4-5,12,18,20H,2-3,6-11,13-15H2,1H3,(H,23,29). The normalized spacial score (nSPS) is 22.9. The fourth-order valence-electron chi connectivity index (χ4n) is 5.09. The third kappa shape index (κ3) is 4.71. The van der Waals surface area contributed by atoms with Gasteiger partial charge in [-0.2, -0.15) is 0 Å². The Morgan fingerprint density at radius 3 is 2.72 bits per heavy atom. The summed E-state index contributed by atoms with van der Waals surface area (Å²) in [6.45, 7) is 4.86. The van der Waals surface area contributed by atoms with Gasteiger partial charge >= 0.3 is 0 Å². The third-order valence-electron chi connectivity index (χ3n) is 6.75. The number of nitro groups is 1. The lowest BCUT2D eigenvalue weighted by atomic mass is 9.83. The molecule has 0 bridgehead atoms. The molecule has 32 heavy (non-hydrogen) atoms. The van der Waals surface area contributed by atoms with E-state index < -0.39 is 4.92 Å². The molecular weight excluding hydrogens is 414 g/mol. The highest BCUT2D eigenvalue weighted by atomic mass is 16.6. The maximum atomic E-state index is 13.1. The van der Waals surface area contributed by atoms with E-state index in [2.05, 4.69) is 15.1 Å². The van der Waals surface area contributed by atoms with Gasteiger partial charge in [-0.1, -0.05) is 0 Å². The van der Waals surface area contributed by atoms with Crippen LogP contribution in [0.2, 0.25) is 0 Å². The smallest absolute Gasteiger partial charge is 0.269 e. The minimum Gasteiger partial charge on any atom is -0.383 e. The van der Waals surface area contributed by atoms with Crippen molar-refractivity contribution in [2.75, 3.05) is 64.4 Å². The minimum atomic E-state index is -0.401. The van der Waals surface area contributed by atoms with Gasteiger partial charge in [0.2, 0.25) is 11.8 Å². The second-order valence-corrected chi connectivity index (χ2v) is 8.75. The first-order valence-corrected chi connectivity index (χ1v) is 11.3. The molecule has 174 valence electrons. The maximum absolute atomic E-state index is 13.1. The lowest BCUT2D eigenvalue weighted by molar-refractivity contribution is -0.384. The highest BCUT2D eigenvalue weighted by molar-refractivity contribution is 5.82. The van der Waals surface area contributed by atoms with Crippen molar-refractivity contribution in [1.29, 1.82) is 0 Å². The summed E-state index contributed by atoms with van der Waals surface area (Å²) in [6.07, 6.45) is 2.56. The van der Waals surface area contributed by atoms with E-state index in [1.165, 1.54) is 6.07 Å². The molecule has 1 aromatic carbocycles. The number of fused-ring (bicyclic) bond motifs is 3. The van der Waals surface area contributed by atoms with E-state index in [9.17, 15) is 19.7 Å². The number of likely N-dealkylation sites (tertiary alicyclic amines) is 1. The van der Waals surface area contributed by atoms with Crippen molar-refractivity contribution < 1.29 is 19.2 Å². The summed E-state index contributed by atoms with van der Waals surface area (Å²) in [4.78, 5) is 42.9. The zero-order chi connectivity index (χ0) is 22.7. The number of carbonyl (C=O) groups is 2. The van der Waals surface area contributed by atoms with Crippen LogP contribution in [0.4, 0.5) is 11.4 Å². The average Bonchev–Trinajstić information content (AvgIpc) is 3.33. The van der Waals surface area contributed by atoms with E-state index in [-0.39, 0.29) is 29.5 Å². The summed E-state index contributed by atoms with van der Waals surface area (Å²) in [5, 5.41) is 14.2. The highest BCUT2D eigenvalue weighted by Gasteiger charge is 2.42. The van der Waals surface area contributed by atoms with Gasteiger partial charge in [-0.15, -0.1) is 0 Å². The molecule has 10 nitrogen and oxygen atoms in total. The number of anilines is 1. The van der Waals surface area contributed by atoms with E-state index in [0.717, 1.165) is 37.2 Å². The predicted octanol–water partition coefficient (Wildman–Crippen LogP) is 0.643. The van der Waals surface area contributed by atoms with Crippen LogP contribution in [0.25, 0.3) is 0 Å². The Bertz CT molecular complexity index is 872. The van der Waals surface area contributed by atoms with Crippen LogP contribution in [0, 0.1) is 16.0 Å². The number of benzene rings is 1. The van der Waals surface area contributed by atoms with Crippen molar-refractivity contribution in [3.05, 3.63) is 33.9 Å². The zero-order valence-electron chi connectivity index (χ0n) is 18.5. The number of nitrogens with one attached hydrogen (secondary N) is 1. The first kappa shape index (κ1) is 22.5. The molecule has 2 saturated heterocycles. The van der Waals surface area contributed by atoms with Crippen LogP contribution < -0.4 is 10.2 Å². The van der Waals surface area contributed by atoms with Gasteiger partial charge in [-0.25, -0.2) is 0 Å². The summed E-state index contributed by atoms with van der Waals surface area (Å²) < 4.78 is 5.04. The quantitative estimate of drug-likeness (QED) is 0.373. The van der Waals surface area contributed by atoms with Gasteiger partial charge < -0.3 is 19.9 Å². The number of amides is 2. The maximum Gasteiger partial charge on any atom is 0.269 e. The molecular formula is C22H31N5O5. The molecule has 3 heterocycles. The molecule has 2 unspecified atom stereocenters. The molecule has 1 aromatic rings. The molecule has 2 fully saturated rings. The number of non-ortho nitro benzene ring substituents is 1. The van der Waals surface area contributed by atoms with Crippen molar-refractivity contribution in [1.82, 2.24) is 15.1 Å². The molecule has 0 aliphatic carbocycles. The number of carbonyl (C=O) groups excluding carboxylic acids is 2. The van der Waals surface area contributed by atoms with Gasteiger partial charge in [0.1, 0.15) is 0 Å². The lowest BCUT2D eigenvalue weighted by Crippen LogP contribution is -2.62. The summed E-state index contributed by atoms with van der Waals surface area (Å²) >= 11 is 0. The van der Waals surface area contributed by atoms with E-state index in [0.29, 0.717) is 45.8 Å². The zero-order valence-corrected chi connectivity index (χ0v) is 18.5. The molecule has 2 amide bonds. The van der Waals surface area contributed by atoms with Gasteiger partial charge in [0.25, 0.3) is 5.69 Å². The van der Waals surface area contributed by atoms with Crippen LogP contribution in [0.3, 0.4) is 0 Å². The van der Waals surface area contributed by atoms with Crippen molar-refractivity contribution >= 4 is 23.2 Å². The van der Waals surface area contributed by atoms with Crippen molar-refractivity contribution in [3.8, 4) is 0 Å². The van der Waals surface area contributed by atoms with Crippen molar-refractivity contribution in [2.45, 2.75) is 25.3 Å². The molecule has 3 aliphatic rings. The number of hydrogen-bond acceptors (Lipinski definition) is 7. The van der Waals surface area contributed by atoms with Crippen LogP contribution in [-0.2, 0) is 20.7 Å². The number of nitrogens with zero attached hydrogens (tertiary/aromatic N) is 4. The first-order chi connectivity index (χ1) is 15.5. The largest absolute Gasteiger partial charge is 0.383 e. The molecule has 10 heteroatoms. The van der Waals surface area contributed by atoms with Gasteiger partial charge in [-0.05, 0) is 30.9 Å². The third-order valence-corrected chi connectivity index (χ3v) is 6.75. The average molecular weight is 446 g/mol. The molecule has 1 N–H and O–H groups in total. The van der Waals surface area contributed by atoms with Gasteiger partial charge in [0.05, 0.1) is 30.0 Å². The van der Waals surface area contributed by atoms with E-state index >= 15 is 0 Å². The van der Waals surface area contributed by atoms with Gasteiger partial charge in [0.15, 0.2) is 0 Å². The summed E-state index contributed by atoms with van der Waals surface area (Å²) in [7, 11) is 1.58. The minimum absolute atomic E-state index is 0.0376. The first-order valence-electron chi connectivity index (χ1n) is 11.3. The number of methoxy groups -OCH3 is 1. The fraction of sp³-hybridized carbons (Fsp3) is 0.636. The molecule has 0 saturated carbocycles. The van der Waals surface area contributed by atoms with E-state index in [1.54, 1.807) is 19.2 Å². The molecule has 0 radical (unpaired) electrons.